The van der Waals surface area contributed by atoms with E-state index in [4.69, 9.17) is 9.47 Å². The van der Waals surface area contributed by atoms with Gasteiger partial charge in [0.2, 0.25) is 0 Å². The van der Waals surface area contributed by atoms with Crippen LogP contribution in [0, 0.1) is 0 Å². The van der Waals surface area contributed by atoms with Crippen molar-refractivity contribution >= 4 is 5.69 Å². The van der Waals surface area contributed by atoms with Gasteiger partial charge in [-0.15, -0.1) is 0 Å². The first-order valence-corrected chi connectivity index (χ1v) is 7.92. The Labute approximate surface area is 132 Å². The van der Waals surface area contributed by atoms with E-state index in [1.807, 2.05) is 12.1 Å². The van der Waals surface area contributed by atoms with Crippen molar-refractivity contribution in [1.82, 2.24) is 0 Å². The topological polar surface area (TPSA) is 30.5 Å². The fourth-order valence-corrected chi connectivity index (χ4v) is 2.91. The van der Waals surface area contributed by atoms with Crippen molar-refractivity contribution < 1.29 is 9.47 Å². The third-order valence-corrected chi connectivity index (χ3v) is 4.15. The highest BCUT2D eigenvalue weighted by molar-refractivity contribution is 5.54. The van der Waals surface area contributed by atoms with E-state index in [1.54, 1.807) is 7.11 Å². The second kappa shape index (κ2) is 6.73. The highest BCUT2D eigenvalue weighted by atomic mass is 16.5. The van der Waals surface area contributed by atoms with Crippen LogP contribution in [0.15, 0.2) is 42.5 Å². The summed E-state index contributed by atoms with van der Waals surface area (Å²) in [4.78, 5) is 0. The van der Waals surface area contributed by atoms with Crippen molar-refractivity contribution in [3.63, 3.8) is 0 Å². The number of anilines is 1. The SMILES string of the molecule is COc1cccc2c1OC(C)CC2.c1ccc2c(c1)CCN2. The molecule has 0 aromatic heterocycles. The van der Waals surface area contributed by atoms with Gasteiger partial charge in [0.25, 0.3) is 0 Å². The molecule has 116 valence electrons. The Kier molecular flexibility index (Phi) is 4.52. The predicted octanol–water partition coefficient (Wildman–Crippen LogP) is 4.06. The minimum atomic E-state index is 0.309. The smallest absolute Gasteiger partial charge is 0.164 e. The summed E-state index contributed by atoms with van der Waals surface area (Å²) in [5.41, 5.74) is 4.03. The van der Waals surface area contributed by atoms with E-state index in [0.29, 0.717) is 6.10 Å². The van der Waals surface area contributed by atoms with Crippen LogP contribution in [0.2, 0.25) is 0 Å². The van der Waals surface area contributed by atoms with E-state index in [9.17, 15) is 0 Å². The number of para-hydroxylation sites is 2. The highest BCUT2D eigenvalue weighted by Gasteiger charge is 2.19. The number of fused-ring (bicyclic) bond motifs is 2. The highest BCUT2D eigenvalue weighted by Crippen LogP contribution is 2.36. The van der Waals surface area contributed by atoms with E-state index in [0.717, 1.165) is 30.9 Å². The van der Waals surface area contributed by atoms with Gasteiger partial charge in [0.1, 0.15) is 0 Å². The molecule has 0 amide bonds. The molecule has 0 spiro atoms. The first-order chi connectivity index (χ1) is 10.8. The summed E-state index contributed by atoms with van der Waals surface area (Å²) in [5, 5.41) is 3.30. The molecular formula is C19H23NO2. The first kappa shape index (κ1) is 14.8. The lowest BCUT2D eigenvalue weighted by molar-refractivity contribution is 0.183. The van der Waals surface area contributed by atoms with Crippen LogP contribution >= 0.6 is 0 Å². The average Bonchev–Trinajstić information content (AvgIpc) is 3.03. The van der Waals surface area contributed by atoms with Gasteiger partial charge >= 0.3 is 0 Å². The molecule has 0 radical (unpaired) electrons. The molecule has 0 saturated heterocycles. The fourth-order valence-electron chi connectivity index (χ4n) is 2.91. The zero-order chi connectivity index (χ0) is 15.4. The van der Waals surface area contributed by atoms with E-state index >= 15 is 0 Å². The molecule has 0 saturated carbocycles. The Morgan fingerprint density at radius 1 is 1.05 bits per heavy atom. The van der Waals surface area contributed by atoms with Gasteiger partial charge in [-0.25, -0.2) is 0 Å². The summed E-state index contributed by atoms with van der Waals surface area (Å²) in [7, 11) is 1.68. The number of benzene rings is 2. The average molecular weight is 297 g/mol. The molecule has 3 nitrogen and oxygen atoms in total. The van der Waals surface area contributed by atoms with Gasteiger partial charge in [0, 0.05) is 12.2 Å². The van der Waals surface area contributed by atoms with E-state index < -0.39 is 0 Å². The summed E-state index contributed by atoms with van der Waals surface area (Å²) in [5.74, 6) is 1.78. The Morgan fingerprint density at radius 2 is 1.86 bits per heavy atom. The number of aryl methyl sites for hydroxylation is 1. The van der Waals surface area contributed by atoms with Crippen molar-refractivity contribution in [1.29, 1.82) is 0 Å². The van der Waals surface area contributed by atoms with E-state index in [-0.39, 0.29) is 0 Å². The molecule has 0 aliphatic carbocycles. The van der Waals surface area contributed by atoms with Gasteiger partial charge in [0.05, 0.1) is 13.2 Å². The molecule has 1 atom stereocenters. The molecule has 1 unspecified atom stereocenters. The molecule has 3 heteroatoms. The zero-order valence-corrected chi connectivity index (χ0v) is 13.3. The largest absolute Gasteiger partial charge is 0.493 e. The number of rotatable bonds is 1. The minimum absolute atomic E-state index is 0.309. The van der Waals surface area contributed by atoms with Crippen LogP contribution in [-0.2, 0) is 12.8 Å². The summed E-state index contributed by atoms with van der Waals surface area (Å²) in [6.45, 7) is 3.20. The molecular weight excluding hydrogens is 274 g/mol. The number of nitrogens with one attached hydrogen (secondary N) is 1. The Balaban J connectivity index is 0.000000139. The molecule has 2 aromatic rings. The quantitative estimate of drug-likeness (QED) is 0.861. The minimum Gasteiger partial charge on any atom is -0.493 e. The van der Waals surface area contributed by atoms with Gasteiger partial charge in [-0.05, 0) is 49.4 Å². The molecule has 2 aliphatic rings. The van der Waals surface area contributed by atoms with Gasteiger partial charge in [-0.2, -0.15) is 0 Å². The molecule has 4 rings (SSSR count). The monoisotopic (exact) mass is 297 g/mol. The standard InChI is InChI=1S/C11H14O2.C8H9N/c1-8-6-7-9-4-3-5-10(12-2)11(9)13-8;1-2-4-8-7(3-1)5-6-9-8/h3-5,8H,6-7H2,1-2H3;1-4,9H,5-6H2. The van der Waals surface area contributed by atoms with Gasteiger partial charge in [-0.1, -0.05) is 30.3 Å². The lowest BCUT2D eigenvalue weighted by Crippen LogP contribution is -2.19. The van der Waals surface area contributed by atoms with Crippen LogP contribution in [0.4, 0.5) is 5.69 Å². The molecule has 2 aromatic carbocycles. The summed E-state index contributed by atoms with van der Waals surface area (Å²) in [6, 6.07) is 14.5. The number of methoxy groups -OCH3 is 1. The van der Waals surface area contributed by atoms with Crippen LogP contribution in [-0.4, -0.2) is 19.8 Å². The maximum absolute atomic E-state index is 5.73. The third kappa shape index (κ3) is 3.19. The Morgan fingerprint density at radius 3 is 2.68 bits per heavy atom. The first-order valence-electron chi connectivity index (χ1n) is 7.92. The van der Waals surface area contributed by atoms with Crippen LogP contribution in [0.25, 0.3) is 0 Å². The van der Waals surface area contributed by atoms with Crippen molar-refractivity contribution in [2.45, 2.75) is 32.3 Å². The van der Waals surface area contributed by atoms with E-state index in [1.165, 1.54) is 23.2 Å². The molecule has 1 N–H and O–H groups in total. The van der Waals surface area contributed by atoms with Crippen molar-refractivity contribution in [3.8, 4) is 11.5 Å². The number of ether oxygens (including phenoxy) is 2. The predicted molar refractivity (Wildman–Crippen MR) is 90.0 cm³/mol. The maximum Gasteiger partial charge on any atom is 0.164 e. The van der Waals surface area contributed by atoms with Crippen LogP contribution in [0.3, 0.4) is 0 Å². The lowest BCUT2D eigenvalue weighted by Gasteiger charge is -2.24. The number of hydrogen-bond acceptors (Lipinski definition) is 3. The second-order valence-corrected chi connectivity index (χ2v) is 5.75. The van der Waals surface area contributed by atoms with Crippen LogP contribution in [0.5, 0.6) is 11.5 Å². The van der Waals surface area contributed by atoms with Gasteiger partial charge < -0.3 is 14.8 Å². The third-order valence-electron chi connectivity index (χ3n) is 4.15. The fraction of sp³-hybridized carbons (Fsp3) is 0.368. The second-order valence-electron chi connectivity index (χ2n) is 5.75. The normalized spacial score (nSPS) is 18.0. The molecule has 0 fully saturated rings. The Bertz CT molecular complexity index is 602. The van der Waals surface area contributed by atoms with E-state index in [2.05, 4.69) is 42.6 Å². The summed E-state index contributed by atoms with van der Waals surface area (Å²) >= 11 is 0. The van der Waals surface area contributed by atoms with Gasteiger partial charge in [0.15, 0.2) is 11.5 Å². The summed E-state index contributed by atoms with van der Waals surface area (Å²) < 4.78 is 11.0. The van der Waals surface area contributed by atoms with Crippen LogP contribution < -0.4 is 14.8 Å². The van der Waals surface area contributed by atoms with Crippen molar-refractivity contribution in [2.75, 3.05) is 19.0 Å². The van der Waals surface area contributed by atoms with Crippen molar-refractivity contribution in [3.05, 3.63) is 53.6 Å². The zero-order valence-electron chi connectivity index (χ0n) is 13.3. The van der Waals surface area contributed by atoms with Gasteiger partial charge in [-0.3, -0.25) is 0 Å². The van der Waals surface area contributed by atoms with Crippen LogP contribution in [0.1, 0.15) is 24.5 Å². The molecule has 2 aliphatic heterocycles. The molecule has 22 heavy (non-hydrogen) atoms. The summed E-state index contributed by atoms with van der Waals surface area (Å²) in [6.07, 6.45) is 3.69. The van der Waals surface area contributed by atoms with Crippen molar-refractivity contribution in [2.24, 2.45) is 0 Å². The lowest BCUT2D eigenvalue weighted by atomic mass is 10.0. The maximum atomic E-state index is 5.73. The number of hydrogen-bond donors (Lipinski definition) is 1. The molecule has 2 heterocycles. The Hall–Kier alpha value is -2.16. The molecule has 0 bridgehead atoms.